The zero-order valence-corrected chi connectivity index (χ0v) is 4.71. The fraction of sp³-hybridized carbons (Fsp3) is 0.333. The monoisotopic (exact) mass is 111 g/mol. The third-order valence-electron chi connectivity index (χ3n) is 1.01. The number of hydroxylamine groups is 2. The summed E-state index contributed by atoms with van der Waals surface area (Å²) in [5, 5.41) is 1.69. The van der Waals surface area contributed by atoms with E-state index in [2.05, 4.69) is 6.58 Å². The lowest BCUT2D eigenvalue weighted by Gasteiger charge is -2.19. The molecule has 0 amide bonds. The summed E-state index contributed by atoms with van der Waals surface area (Å²) in [6, 6.07) is 0. The van der Waals surface area contributed by atoms with E-state index >= 15 is 0 Å². The molecule has 1 aliphatic heterocycles. The van der Waals surface area contributed by atoms with E-state index in [1.165, 1.54) is 0 Å². The van der Waals surface area contributed by atoms with Gasteiger partial charge in [0, 0.05) is 6.20 Å². The molecule has 0 radical (unpaired) electrons. The largest absolute Gasteiger partial charge is 0.388 e. The van der Waals surface area contributed by atoms with Crippen LogP contribution in [0.2, 0.25) is 0 Å². The van der Waals surface area contributed by atoms with Crippen LogP contribution in [0.15, 0.2) is 25.1 Å². The lowest BCUT2D eigenvalue weighted by molar-refractivity contribution is -0.0636. The van der Waals surface area contributed by atoms with Gasteiger partial charge in [-0.15, -0.1) is 0 Å². The first-order valence-corrected chi connectivity index (χ1v) is 2.64. The molecule has 0 saturated heterocycles. The van der Waals surface area contributed by atoms with Gasteiger partial charge in [0.15, 0.2) is 0 Å². The van der Waals surface area contributed by atoms with Crippen LogP contribution in [0.1, 0.15) is 6.42 Å². The molecule has 0 atom stereocenters. The fourth-order valence-corrected chi connectivity index (χ4v) is 0.578. The second-order valence-corrected chi connectivity index (χ2v) is 1.59. The van der Waals surface area contributed by atoms with E-state index in [9.17, 15) is 0 Å². The zero-order valence-electron chi connectivity index (χ0n) is 4.71. The quantitative estimate of drug-likeness (QED) is 0.505. The second-order valence-electron chi connectivity index (χ2n) is 1.59. The molecule has 0 fully saturated rings. The third kappa shape index (κ3) is 1.03. The Labute approximate surface area is 49.0 Å². The van der Waals surface area contributed by atoms with Crippen LogP contribution in [0, 0.1) is 0 Å². The summed E-state index contributed by atoms with van der Waals surface area (Å²) in [6.45, 7) is 4.47. The van der Waals surface area contributed by atoms with Crippen molar-refractivity contribution in [3.63, 3.8) is 0 Å². The minimum absolute atomic E-state index is 0.917. The van der Waals surface area contributed by atoms with Gasteiger partial charge in [-0.3, -0.25) is 0 Å². The van der Waals surface area contributed by atoms with Crippen molar-refractivity contribution in [1.82, 2.24) is 5.06 Å². The van der Waals surface area contributed by atoms with Gasteiger partial charge in [-0.05, 0) is 12.5 Å². The molecule has 0 aliphatic carbocycles. The van der Waals surface area contributed by atoms with Gasteiger partial charge in [-0.25, -0.2) is 5.06 Å². The van der Waals surface area contributed by atoms with E-state index in [0.717, 1.165) is 13.0 Å². The van der Waals surface area contributed by atoms with Crippen molar-refractivity contribution in [3.05, 3.63) is 25.1 Å². The van der Waals surface area contributed by atoms with E-state index < -0.39 is 0 Å². The Bertz CT molecular complexity index is 109. The summed E-state index contributed by atoms with van der Waals surface area (Å²) in [5.74, 6) is 0. The molecule has 0 saturated carbocycles. The van der Waals surface area contributed by atoms with Crippen LogP contribution in [0.25, 0.3) is 0 Å². The van der Waals surface area contributed by atoms with Crippen molar-refractivity contribution in [3.8, 4) is 0 Å². The maximum absolute atomic E-state index is 4.96. The summed E-state index contributed by atoms with van der Waals surface area (Å²) in [5.41, 5.74) is 0. The zero-order chi connectivity index (χ0) is 5.82. The minimum Gasteiger partial charge on any atom is -0.388 e. The van der Waals surface area contributed by atoms with Crippen LogP contribution in [-0.2, 0) is 4.84 Å². The molecule has 1 rings (SSSR count). The Morgan fingerprint density at radius 1 is 1.75 bits per heavy atom. The number of hydrogen-bond acceptors (Lipinski definition) is 2. The van der Waals surface area contributed by atoms with E-state index in [-0.39, 0.29) is 0 Å². The van der Waals surface area contributed by atoms with Gasteiger partial charge in [0.05, 0.1) is 6.54 Å². The number of rotatable bonds is 1. The standard InChI is InChI=1S/C6H9NO/c1-2-7-5-3-4-6-8-7/h2,4,6H,1,3,5H2. The van der Waals surface area contributed by atoms with E-state index in [0.29, 0.717) is 0 Å². The van der Waals surface area contributed by atoms with Gasteiger partial charge in [-0.2, -0.15) is 0 Å². The molecule has 0 spiro atoms. The van der Waals surface area contributed by atoms with Gasteiger partial charge in [-0.1, -0.05) is 6.58 Å². The Kier molecular flexibility index (Phi) is 1.57. The lowest BCUT2D eigenvalue weighted by atomic mass is 10.4. The molecular formula is C6H9NO. The van der Waals surface area contributed by atoms with Crippen LogP contribution in [0.3, 0.4) is 0 Å². The van der Waals surface area contributed by atoms with Gasteiger partial charge < -0.3 is 4.84 Å². The molecule has 0 bridgehead atoms. The maximum Gasteiger partial charge on any atom is 0.115 e. The van der Waals surface area contributed by atoms with Crippen molar-refractivity contribution in [2.24, 2.45) is 0 Å². The molecule has 0 aromatic rings. The molecule has 2 heteroatoms. The normalized spacial score (nSPS) is 17.8. The highest BCUT2D eigenvalue weighted by atomic mass is 16.7. The van der Waals surface area contributed by atoms with Crippen molar-refractivity contribution in [1.29, 1.82) is 0 Å². The summed E-state index contributed by atoms with van der Waals surface area (Å²) in [7, 11) is 0. The minimum atomic E-state index is 0.917. The van der Waals surface area contributed by atoms with E-state index in [1.54, 1.807) is 17.5 Å². The molecule has 1 aliphatic rings. The van der Waals surface area contributed by atoms with Gasteiger partial charge in [0.2, 0.25) is 0 Å². The Hall–Kier alpha value is -0.920. The van der Waals surface area contributed by atoms with Crippen molar-refractivity contribution in [2.45, 2.75) is 6.42 Å². The Balaban J connectivity index is 2.37. The lowest BCUT2D eigenvalue weighted by Crippen LogP contribution is -2.17. The molecular weight excluding hydrogens is 102 g/mol. The summed E-state index contributed by atoms with van der Waals surface area (Å²) in [4.78, 5) is 4.96. The number of nitrogens with zero attached hydrogens (tertiary/aromatic N) is 1. The average Bonchev–Trinajstić information content (AvgIpc) is 1.90. The smallest absolute Gasteiger partial charge is 0.115 e. The van der Waals surface area contributed by atoms with Crippen molar-refractivity contribution in [2.75, 3.05) is 6.54 Å². The van der Waals surface area contributed by atoms with Gasteiger partial charge in [0.25, 0.3) is 0 Å². The van der Waals surface area contributed by atoms with Crippen LogP contribution < -0.4 is 0 Å². The molecule has 0 unspecified atom stereocenters. The first-order valence-electron chi connectivity index (χ1n) is 2.64. The highest BCUT2D eigenvalue weighted by Gasteiger charge is 1.97. The summed E-state index contributed by atoms with van der Waals surface area (Å²) >= 11 is 0. The number of hydrogen-bond donors (Lipinski definition) is 0. The average molecular weight is 111 g/mol. The maximum atomic E-state index is 4.96. The van der Waals surface area contributed by atoms with Crippen LogP contribution >= 0.6 is 0 Å². The first kappa shape index (κ1) is 5.22. The second kappa shape index (κ2) is 2.40. The van der Waals surface area contributed by atoms with E-state index in [1.807, 2.05) is 6.08 Å². The summed E-state index contributed by atoms with van der Waals surface area (Å²) in [6.07, 6.45) is 6.38. The topological polar surface area (TPSA) is 12.5 Å². The summed E-state index contributed by atoms with van der Waals surface area (Å²) < 4.78 is 0. The van der Waals surface area contributed by atoms with Crippen LogP contribution in [0.4, 0.5) is 0 Å². The molecule has 1 heterocycles. The molecule has 44 valence electrons. The Morgan fingerprint density at radius 2 is 2.62 bits per heavy atom. The van der Waals surface area contributed by atoms with Crippen LogP contribution in [-0.4, -0.2) is 11.6 Å². The Morgan fingerprint density at radius 3 is 3.00 bits per heavy atom. The SMILES string of the molecule is C=CN1CCC=CO1. The molecule has 0 aromatic heterocycles. The van der Waals surface area contributed by atoms with E-state index in [4.69, 9.17) is 4.84 Å². The highest BCUT2D eigenvalue weighted by Crippen LogP contribution is 2.01. The molecule has 0 aromatic carbocycles. The van der Waals surface area contributed by atoms with Gasteiger partial charge >= 0.3 is 0 Å². The van der Waals surface area contributed by atoms with Crippen molar-refractivity contribution >= 4 is 0 Å². The molecule has 0 N–H and O–H groups in total. The van der Waals surface area contributed by atoms with Crippen molar-refractivity contribution < 1.29 is 4.84 Å². The third-order valence-corrected chi connectivity index (χ3v) is 1.01. The first-order chi connectivity index (χ1) is 3.93. The van der Waals surface area contributed by atoms with Gasteiger partial charge in [0.1, 0.15) is 6.26 Å². The predicted molar refractivity (Wildman–Crippen MR) is 31.7 cm³/mol. The highest BCUT2D eigenvalue weighted by molar-refractivity contribution is 4.80. The molecule has 8 heavy (non-hydrogen) atoms. The molecule has 2 nitrogen and oxygen atoms in total. The fourth-order valence-electron chi connectivity index (χ4n) is 0.578. The van der Waals surface area contributed by atoms with Crippen LogP contribution in [0.5, 0.6) is 0 Å². The predicted octanol–water partition coefficient (Wildman–Crippen LogP) is 1.28.